The number of benzene rings is 1. The number of hydrogen-bond acceptors (Lipinski definition) is 3. The van der Waals surface area contributed by atoms with Gasteiger partial charge in [0.1, 0.15) is 0 Å². The van der Waals surface area contributed by atoms with E-state index in [1.807, 2.05) is 37.3 Å². The highest BCUT2D eigenvalue weighted by atomic mass is 16.5. The maximum atomic E-state index is 11.1. The van der Waals surface area contributed by atoms with Gasteiger partial charge in [0.25, 0.3) is 0 Å². The lowest BCUT2D eigenvalue weighted by molar-refractivity contribution is 0.189. The molecule has 0 aliphatic rings. The number of pyridine rings is 1. The minimum atomic E-state index is -1.02. The van der Waals surface area contributed by atoms with E-state index in [0.717, 1.165) is 23.2 Å². The molecule has 5 nitrogen and oxygen atoms in total. The molecular formula is C19H24N2O3. The monoisotopic (exact) mass is 328 g/mol. The highest BCUT2D eigenvalue weighted by molar-refractivity contribution is 5.65. The Morgan fingerprint density at radius 1 is 1.29 bits per heavy atom. The molecule has 2 aromatic rings. The van der Waals surface area contributed by atoms with Crippen LogP contribution in [0.3, 0.4) is 0 Å². The molecule has 1 unspecified atom stereocenters. The molecule has 0 saturated heterocycles. The molecule has 1 amide bonds. The number of ether oxygens (including phenoxy) is 1. The van der Waals surface area contributed by atoms with Crippen LogP contribution in [0, 0.1) is 6.92 Å². The Hall–Kier alpha value is -2.56. The fourth-order valence-corrected chi connectivity index (χ4v) is 2.84. The van der Waals surface area contributed by atoms with E-state index in [2.05, 4.69) is 23.3 Å². The molecule has 0 aliphatic carbocycles. The first-order chi connectivity index (χ1) is 11.5. The SMILES string of the molecule is CCc1cc(CCC(NC(=O)O)c2ccccc2)c(OC)nc1C. The lowest BCUT2D eigenvalue weighted by atomic mass is 9.98. The van der Waals surface area contributed by atoms with E-state index >= 15 is 0 Å². The summed E-state index contributed by atoms with van der Waals surface area (Å²) in [6, 6.07) is 11.5. The van der Waals surface area contributed by atoms with E-state index in [-0.39, 0.29) is 6.04 Å². The van der Waals surface area contributed by atoms with Gasteiger partial charge in [0.2, 0.25) is 5.88 Å². The number of hydrogen-bond donors (Lipinski definition) is 2. The maximum Gasteiger partial charge on any atom is 0.405 e. The maximum absolute atomic E-state index is 11.1. The van der Waals surface area contributed by atoms with Crippen LogP contribution in [0.4, 0.5) is 4.79 Å². The molecule has 0 radical (unpaired) electrons. The zero-order chi connectivity index (χ0) is 17.5. The van der Waals surface area contributed by atoms with Gasteiger partial charge in [0.05, 0.1) is 13.2 Å². The van der Waals surface area contributed by atoms with Gasteiger partial charge < -0.3 is 15.2 Å². The summed E-state index contributed by atoms with van der Waals surface area (Å²) in [7, 11) is 1.61. The zero-order valence-electron chi connectivity index (χ0n) is 14.4. The standard InChI is InChI=1S/C19H24N2O3/c1-4-14-12-16(18(24-3)20-13(14)2)10-11-17(21-19(22)23)15-8-6-5-7-9-15/h5-9,12,17,21H,4,10-11H2,1-3H3,(H,22,23). The van der Waals surface area contributed by atoms with Crippen molar-refractivity contribution in [2.45, 2.75) is 39.2 Å². The fraction of sp³-hybridized carbons (Fsp3) is 0.368. The van der Waals surface area contributed by atoms with Crippen molar-refractivity contribution in [2.24, 2.45) is 0 Å². The van der Waals surface area contributed by atoms with Gasteiger partial charge in [-0.1, -0.05) is 37.3 Å². The van der Waals surface area contributed by atoms with Crippen LogP contribution in [0.1, 0.15) is 41.8 Å². The van der Waals surface area contributed by atoms with Gasteiger partial charge in [-0.05, 0) is 43.4 Å². The molecule has 2 rings (SSSR count). The topological polar surface area (TPSA) is 71.5 Å². The summed E-state index contributed by atoms with van der Waals surface area (Å²) in [5.41, 5.74) is 4.12. The van der Waals surface area contributed by atoms with Gasteiger partial charge in [-0.25, -0.2) is 9.78 Å². The Bertz CT molecular complexity index is 687. The third-order valence-corrected chi connectivity index (χ3v) is 4.13. The number of rotatable bonds is 7. The lowest BCUT2D eigenvalue weighted by Crippen LogP contribution is -2.27. The third-order valence-electron chi connectivity index (χ3n) is 4.13. The predicted octanol–water partition coefficient (Wildman–Crippen LogP) is 3.90. The summed E-state index contributed by atoms with van der Waals surface area (Å²) in [5.74, 6) is 0.617. The van der Waals surface area contributed by atoms with Gasteiger partial charge in [-0.2, -0.15) is 0 Å². The van der Waals surface area contributed by atoms with Crippen molar-refractivity contribution in [1.29, 1.82) is 0 Å². The Morgan fingerprint density at radius 2 is 2.00 bits per heavy atom. The number of aromatic nitrogens is 1. The minimum absolute atomic E-state index is 0.264. The van der Waals surface area contributed by atoms with Crippen molar-refractivity contribution in [3.8, 4) is 5.88 Å². The van der Waals surface area contributed by atoms with Gasteiger partial charge >= 0.3 is 6.09 Å². The van der Waals surface area contributed by atoms with Crippen molar-refractivity contribution in [1.82, 2.24) is 10.3 Å². The van der Waals surface area contributed by atoms with Gasteiger partial charge in [0.15, 0.2) is 0 Å². The molecule has 0 aliphatic heterocycles. The molecule has 2 N–H and O–H groups in total. The fourth-order valence-electron chi connectivity index (χ4n) is 2.84. The first-order valence-corrected chi connectivity index (χ1v) is 8.13. The third kappa shape index (κ3) is 4.47. The summed E-state index contributed by atoms with van der Waals surface area (Å²) in [5, 5.41) is 11.7. The van der Waals surface area contributed by atoms with Crippen molar-refractivity contribution < 1.29 is 14.6 Å². The van der Waals surface area contributed by atoms with E-state index in [9.17, 15) is 4.79 Å². The molecule has 24 heavy (non-hydrogen) atoms. The molecule has 1 atom stereocenters. The van der Waals surface area contributed by atoms with E-state index in [1.54, 1.807) is 7.11 Å². The Kier molecular flexibility index (Phi) is 6.18. The van der Waals surface area contributed by atoms with E-state index in [1.165, 1.54) is 5.56 Å². The summed E-state index contributed by atoms with van der Waals surface area (Å²) < 4.78 is 5.40. The summed E-state index contributed by atoms with van der Waals surface area (Å²) in [4.78, 5) is 15.6. The van der Waals surface area contributed by atoms with Crippen molar-refractivity contribution in [3.63, 3.8) is 0 Å². The minimum Gasteiger partial charge on any atom is -0.481 e. The normalized spacial score (nSPS) is 11.8. The van der Waals surface area contributed by atoms with Gasteiger partial charge in [-0.15, -0.1) is 0 Å². The first kappa shape index (κ1) is 17.8. The van der Waals surface area contributed by atoms with Crippen molar-refractivity contribution in [2.75, 3.05) is 7.11 Å². The van der Waals surface area contributed by atoms with Crippen LogP contribution in [0.2, 0.25) is 0 Å². The quantitative estimate of drug-likeness (QED) is 0.808. The number of methoxy groups -OCH3 is 1. The highest BCUT2D eigenvalue weighted by Gasteiger charge is 2.16. The Balaban J connectivity index is 2.21. The van der Waals surface area contributed by atoms with Crippen LogP contribution in [0.15, 0.2) is 36.4 Å². The molecule has 1 aromatic heterocycles. The number of nitrogens with zero attached hydrogens (tertiary/aromatic N) is 1. The molecule has 5 heteroatoms. The van der Waals surface area contributed by atoms with Crippen molar-refractivity contribution in [3.05, 3.63) is 58.8 Å². The van der Waals surface area contributed by atoms with Crippen LogP contribution >= 0.6 is 0 Å². The van der Waals surface area contributed by atoms with Gasteiger partial charge in [-0.3, -0.25) is 0 Å². The number of carboxylic acid groups (broad SMARTS) is 1. The van der Waals surface area contributed by atoms with Crippen LogP contribution < -0.4 is 10.1 Å². The molecule has 0 fully saturated rings. The summed E-state index contributed by atoms with van der Waals surface area (Å²) >= 11 is 0. The number of carbonyl (C=O) groups is 1. The average Bonchev–Trinajstić information content (AvgIpc) is 2.59. The Morgan fingerprint density at radius 3 is 2.58 bits per heavy atom. The van der Waals surface area contributed by atoms with Crippen LogP contribution in [0.25, 0.3) is 0 Å². The molecule has 0 spiro atoms. The lowest BCUT2D eigenvalue weighted by Gasteiger charge is -2.18. The molecule has 0 saturated carbocycles. The van der Waals surface area contributed by atoms with Crippen LogP contribution in [0.5, 0.6) is 5.88 Å². The number of aryl methyl sites for hydroxylation is 3. The van der Waals surface area contributed by atoms with Crippen LogP contribution in [-0.2, 0) is 12.8 Å². The molecular weight excluding hydrogens is 304 g/mol. The Labute approximate surface area is 142 Å². The smallest absolute Gasteiger partial charge is 0.405 e. The summed E-state index contributed by atoms with van der Waals surface area (Å²) in [6.45, 7) is 4.07. The molecule has 1 aromatic carbocycles. The van der Waals surface area contributed by atoms with Crippen molar-refractivity contribution >= 4 is 6.09 Å². The zero-order valence-corrected chi connectivity index (χ0v) is 14.4. The highest BCUT2D eigenvalue weighted by Crippen LogP contribution is 2.25. The summed E-state index contributed by atoms with van der Waals surface area (Å²) in [6.07, 6.45) is 1.21. The molecule has 128 valence electrons. The second kappa shape index (κ2) is 8.34. The van der Waals surface area contributed by atoms with E-state index in [4.69, 9.17) is 9.84 Å². The van der Waals surface area contributed by atoms with E-state index < -0.39 is 6.09 Å². The second-order valence-electron chi connectivity index (χ2n) is 5.71. The van der Waals surface area contributed by atoms with Crippen LogP contribution in [-0.4, -0.2) is 23.3 Å². The molecule has 1 heterocycles. The number of nitrogens with one attached hydrogen (secondary N) is 1. The largest absolute Gasteiger partial charge is 0.481 e. The predicted molar refractivity (Wildman–Crippen MR) is 93.6 cm³/mol. The average molecular weight is 328 g/mol. The molecule has 0 bridgehead atoms. The number of amides is 1. The van der Waals surface area contributed by atoms with E-state index in [0.29, 0.717) is 18.7 Å². The second-order valence-corrected chi connectivity index (χ2v) is 5.71. The van der Waals surface area contributed by atoms with Gasteiger partial charge in [0, 0.05) is 11.3 Å². The first-order valence-electron chi connectivity index (χ1n) is 8.13.